The summed E-state index contributed by atoms with van der Waals surface area (Å²) in [4.78, 5) is 19.9. The van der Waals surface area contributed by atoms with Crippen molar-refractivity contribution in [3.8, 4) is 0 Å². The van der Waals surface area contributed by atoms with Crippen molar-refractivity contribution in [1.29, 1.82) is 0 Å². The standard InChI is InChI=1S/C11H11ClN8O/c1-6-14-8(18-17-6)5-13-11(21)16-10-15-9-4-7(12)2-3-20(9)19-10/h2-4H,5H2,1H3,(H,14,17,18)(H2,13,16,19,21). The van der Waals surface area contributed by atoms with Crippen molar-refractivity contribution in [3.05, 3.63) is 35.0 Å². The van der Waals surface area contributed by atoms with Crippen molar-refractivity contribution in [2.24, 2.45) is 0 Å². The molecule has 0 spiro atoms. The molecule has 0 atom stereocenters. The monoisotopic (exact) mass is 306 g/mol. The number of carbonyl (C=O) groups is 1. The molecule has 9 nitrogen and oxygen atoms in total. The molecular formula is C11H11ClN8O. The Labute approximate surface area is 123 Å². The lowest BCUT2D eigenvalue weighted by atomic mass is 10.5. The van der Waals surface area contributed by atoms with Gasteiger partial charge in [0.15, 0.2) is 11.5 Å². The Kier molecular flexibility index (Phi) is 3.40. The van der Waals surface area contributed by atoms with Gasteiger partial charge >= 0.3 is 6.03 Å². The number of nitrogens with zero attached hydrogens (tertiary/aromatic N) is 5. The van der Waals surface area contributed by atoms with Gasteiger partial charge in [0.05, 0.1) is 6.54 Å². The first kappa shape index (κ1) is 13.3. The van der Waals surface area contributed by atoms with Crippen LogP contribution in [-0.4, -0.2) is 35.8 Å². The Morgan fingerprint density at radius 1 is 1.48 bits per heavy atom. The zero-order chi connectivity index (χ0) is 14.8. The minimum absolute atomic E-state index is 0.181. The summed E-state index contributed by atoms with van der Waals surface area (Å²) in [6, 6.07) is 2.88. The summed E-state index contributed by atoms with van der Waals surface area (Å²) in [5, 5.41) is 16.4. The number of amides is 2. The number of fused-ring (bicyclic) bond motifs is 1. The number of anilines is 1. The maximum absolute atomic E-state index is 11.7. The Hall–Kier alpha value is -2.68. The highest BCUT2D eigenvalue weighted by Gasteiger charge is 2.09. The van der Waals surface area contributed by atoms with Gasteiger partial charge in [0.1, 0.15) is 5.82 Å². The molecule has 3 rings (SSSR count). The summed E-state index contributed by atoms with van der Waals surface area (Å²) >= 11 is 5.86. The smallest absolute Gasteiger partial charge is 0.322 e. The first-order valence-electron chi connectivity index (χ1n) is 6.05. The van der Waals surface area contributed by atoms with E-state index < -0.39 is 6.03 Å². The van der Waals surface area contributed by atoms with E-state index in [1.165, 1.54) is 4.52 Å². The van der Waals surface area contributed by atoms with E-state index in [1.807, 2.05) is 0 Å². The van der Waals surface area contributed by atoms with Gasteiger partial charge < -0.3 is 5.32 Å². The van der Waals surface area contributed by atoms with Gasteiger partial charge in [0, 0.05) is 17.3 Å². The van der Waals surface area contributed by atoms with Crippen LogP contribution < -0.4 is 10.6 Å². The number of aromatic nitrogens is 6. The SMILES string of the molecule is Cc1nc(CNC(=O)Nc2nc3cc(Cl)ccn3n2)n[nH]1. The van der Waals surface area contributed by atoms with E-state index in [-0.39, 0.29) is 12.5 Å². The highest BCUT2D eigenvalue weighted by Crippen LogP contribution is 2.12. The van der Waals surface area contributed by atoms with E-state index in [9.17, 15) is 4.79 Å². The maximum atomic E-state index is 11.7. The highest BCUT2D eigenvalue weighted by atomic mass is 35.5. The second-order valence-electron chi connectivity index (χ2n) is 4.23. The fraction of sp³-hybridized carbons (Fsp3) is 0.182. The summed E-state index contributed by atoms with van der Waals surface area (Å²) < 4.78 is 1.51. The molecule has 3 aromatic heterocycles. The van der Waals surface area contributed by atoms with Crippen LogP contribution in [0.4, 0.5) is 10.7 Å². The number of halogens is 1. The predicted molar refractivity (Wildman–Crippen MR) is 75.0 cm³/mol. The van der Waals surface area contributed by atoms with Crippen LogP contribution in [-0.2, 0) is 6.54 Å². The van der Waals surface area contributed by atoms with Crippen molar-refractivity contribution in [2.45, 2.75) is 13.5 Å². The summed E-state index contributed by atoms with van der Waals surface area (Å²) in [5.41, 5.74) is 0.544. The largest absolute Gasteiger partial charge is 0.330 e. The molecule has 3 aromatic rings. The number of H-pyrrole nitrogens is 1. The van der Waals surface area contributed by atoms with Crippen molar-refractivity contribution in [1.82, 2.24) is 35.1 Å². The van der Waals surface area contributed by atoms with E-state index in [1.54, 1.807) is 25.3 Å². The van der Waals surface area contributed by atoms with Crippen LogP contribution in [0, 0.1) is 6.92 Å². The van der Waals surface area contributed by atoms with E-state index >= 15 is 0 Å². The van der Waals surface area contributed by atoms with Crippen molar-refractivity contribution in [2.75, 3.05) is 5.32 Å². The first-order valence-corrected chi connectivity index (χ1v) is 6.42. The van der Waals surface area contributed by atoms with Gasteiger partial charge in [-0.3, -0.25) is 10.4 Å². The first-order chi connectivity index (χ1) is 10.1. The van der Waals surface area contributed by atoms with Gasteiger partial charge in [0.25, 0.3) is 5.95 Å². The van der Waals surface area contributed by atoms with Gasteiger partial charge in [-0.05, 0) is 13.0 Å². The van der Waals surface area contributed by atoms with Crippen LogP contribution in [0.25, 0.3) is 5.65 Å². The zero-order valence-corrected chi connectivity index (χ0v) is 11.7. The van der Waals surface area contributed by atoms with Crippen molar-refractivity contribution in [3.63, 3.8) is 0 Å². The number of nitrogens with one attached hydrogen (secondary N) is 3. The average Bonchev–Trinajstić information content (AvgIpc) is 3.01. The molecule has 0 fully saturated rings. The van der Waals surface area contributed by atoms with Gasteiger partial charge in [0.2, 0.25) is 0 Å². The summed E-state index contributed by atoms with van der Waals surface area (Å²) in [7, 11) is 0. The number of aryl methyl sites for hydroxylation is 1. The molecule has 10 heteroatoms. The van der Waals surface area contributed by atoms with Crippen molar-refractivity contribution >= 4 is 29.2 Å². The zero-order valence-electron chi connectivity index (χ0n) is 11.0. The Bertz CT molecular complexity index is 794. The van der Waals surface area contributed by atoms with E-state index in [4.69, 9.17) is 11.6 Å². The average molecular weight is 307 g/mol. The molecule has 0 aromatic carbocycles. The molecule has 21 heavy (non-hydrogen) atoms. The third-order valence-corrected chi connectivity index (χ3v) is 2.81. The molecule has 0 bridgehead atoms. The van der Waals surface area contributed by atoms with Gasteiger partial charge in [-0.2, -0.15) is 10.1 Å². The molecule has 0 saturated carbocycles. The molecule has 0 aliphatic rings. The molecule has 0 unspecified atom stereocenters. The molecule has 0 aliphatic heterocycles. The molecule has 0 saturated heterocycles. The van der Waals surface area contributed by atoms with Gasteiger partial charge in [-0.15, -0.1) is 5.10 Å². The van der Waals surface area contributed by atoms with Gasteiger partial charge in [-0.1, -0.05) is 11.6 Å². The number of rotatable bonds is 3. The second kappa shape index (κ2) is 5.37. The lowest BCUT2D eigenvalue weighted by Crippen LogP contribution is -2.29. The summed E-state index contributed by atoms with van der Waals surface area (Å²) in [5.74, 6) is 1.37. The fourth-order valence-corrected chi connectivity index (χ4v) is 1.84. The second-order valence-corrected chi connectivity index (χ2v) is 4.66. The van der Waals surface area contributed by atoms with Crippen LogP contribution in [0.2, 0.25) is 5.02 Å². The number of aromatic amines is 1. The molecule has 2 amide bonds. The number of carbonyl (C=O) groups excluding carboxylic acids is 1. The topological polar surface area (TPSA) is 113 Å². The third kappa shape index (κ3) is 3.08. The summed E-state index contributed by atoms with van der Waals surface area (Å²) in [6.07, 6.45) is 1.66. The van der Waals surface area contributed by atoms with Gasteiger partial charge in [-0.25, -0.2) is 14.3 Å². The molecule has 0 radical (unpaired) electrons. The molecule has 3 heterocycles. The van der Waals surface area contributed by atoms with E-state index in [0.717, 1.165) is 0 Å². The maximum Gasteiger partial charge on any atom is 0.322 e. The molecular weight excluding hydrogens is 296 g/mol. The van der Waals surface area contributed by atoms with Crippen molar-refractivity contribution < 1.29 is 4.79 Å². The highest BCUT2D eigenvalue weighted by molar-refractivity contribution is 6.30. The summed E-state index contributed by atoms with van der Waals surface area (Å²) in [6.45, 7) is 1.98. The molecule has 0 aliphatic carbocycles. The Morgan fingerprint density at radius 2 is 2.33 bits per heavy atom. The van der Waals surface area contributed by atoms with Crippen LogP contribution in [0.5, 0.6) is 0 Å². The van der Waals surface area contributed by atoms with E-state index in [2.05, 4.69) is 35.9 Å². The Balaban J connectivity index is 1.63. The van der Waals surface area contributed by atoms with E-state index in [0.29, 0.717) is 22.3 Å². The lowest BCUT2D eigenvalue weighted by molar-refractivity contribution is 0.251. The van der Waals surface area contributed by atoms with Crippen LogP contribution in [0.15, 0.2) is 18.3 Å². The van der Waals surface area contributed by atoms with Crippen LogP contribution in [0.1, 0.15) is 11.6 Å². The normalized spacial score (nSPS) is 10.8. The number of urea groups is 1. The molecule has 3 N–H and O–H groups in total. The molecule has 108 valence electrons. The quantitative estimate of drug-likeness (QED) is 0.671. The Morgan fingerprint density at radius 3 is 3.10 bits per heavy atom. The number of pyridine rings is 1. The van der Waals surface area contributed by atoms with Crippen LogP contribution >= 0.6 is 11.6 Å². The predicted octanol–water partition coefficient (Wildman–Crippen LogP) is 1.13. The third-order valence-electron chi connectivity index (χ3n) is 2.58. The minimum atomic E-state index is -0.445. The number of hydrogen-bond acceptors (Lipinski definition) is 5. The van der Waals surface area contributed by atoms with Crippen LogP contribution in [0.3, 0.4) is 0 Å². The number of hydrogen-bond donors (Lipinski definition) is 3. The fourth-order valence-electron chi connectivity index (χ4n) is 1.68. The lowest BCUT2D eigenvalue weighted by Gasteiger charge is -2.01. The minimum Gasteiger partial charge on any atom is -0.330 e.